The summed E-state index contributed by atoms with van der Waals surface area (Å²) in [6.45, 7) is 0. The Morgan fingerprint density at radius 3 is 2.72 bits per heavy atom. The average Bonchev–Trinajstić information content (AvgIpc) is 2.77. The number of benzene rings is 2. The number of para-hydroxylation sites is 2. The van der Waals surface area contributed by atoms with Crippen LogP contribution in [-0.2, 0) is 6.42 Å². The van der Waals surface area contributed by atoms with E-state index < -0.39 is 0 Å². The minimum absolute atomic E-state index is 0.0283. The summed E-state index contributed by atoms with van der Waals surface area (Å²) in [5.41, 5.74) is 2.94. The van der Waals surface area contributed by atoms with Crippen molar-refractivity contribution in [3.8, 4) is 5.69 Å². The molecule has 0 N–H and O–H groups in total. The van der Waals surface area contributed by atoms with Crippen LogP contribution in [0, 0.1) is 0 Å². The molecule has 0 atom stereocenters. The van der Waals surface area contributed by atoms with Gasteiger partial charge in [0.1, 0.15) is 5.82 Å². The van der Waals surface area contributed by atoms with Crippen LogP contribution in [0.2, 0.25) is 0 Å². The van der Waals surface area contributed by atoms with Crippen LogP contribution in [0.3, 0.4) is 0 Å². The number of hydrogen-bond donors (Lipinski definition) is 0. The maximum Gasteiger partial charge on any atom is 0.265 e. The first-order valence-corrected chi connectivity index (χ1v) is 5.93. The third-order valence-corrected chi connectivity index (χ3v) is 3.43. The largest absolute Gasteiger partial charge is 0.268 e. The van der Waals surface area contributed by atoms with Crippen molar-refractivity contribution in [2.45, 2.75) is 6.42 Å². The molecule has 0 bridgehead atoms. The molecule has 2 aromatic carbocycles. The molecular formula is C15H10N2O. The van der Waals surface area contributed by atoms with Crippen molar-refractivity contribution >= 4 is 10.9 Å². The normalized spacial score (nSPS) is 12.4. The minimum Gasteiger partial charge on any atom is -0.268 e. The molecule has 0 fully saturated rings. The Morgan fingerprint density at radius 2 is 1.78 bits per heavy atom. The average molecular weight is 234 g/mol. The van der Waals surface area contributed by atoms with Crippen LogP contribution in [0.15, 0.2) is 53.3 Å². The third kappa shape index (κ3) is 1.13. The highest BCUT2D eigenvalue weighted by Gasteiger charge is 2.21. The van der Waals surface area contributed by atoms with Crippen LogP contribution in [0.5, 0.6) is 0 Å². The summed E-state index contributed by atoms with van der Waals surface area (Å²) < 4.78 is 1.73. The van der Waals surface area contributed by atoms with Gasteiger partial charge in [-0.1, -0.05) is 30.3 Å². The van der Waals surface area contributed by atoms with E-state index in [9.17, 15) is 4.79 Å². The molecule has 0 aliphatic carbocycles. The van der Waals surface area contributed by atoms with Crippen molar-refractivity contribution in [2.24, 2.45) is 0 Å². The third-order valence-electron chi connectivity index (χ3n) is 3.43. The van der Waals surface area contributed by atoms with Crippen molar-refractivity contribution in [1.82, 2.24) is 9.55 Å². The molecule has 0 amide bonds. The van der Waals surface area contributed by atoms with Crippen LogP contribution < -0.4 is 5.56 Å². The fraction of sp³-hybridized carbons (Fsp3) is 0.0667. The van der Waals surface area contributed by atoms with Gasteiger partial charge in [0.15, 0.2) is 0 Å². The summed E-state index contributed by atoms with van der Waals surface area (Å²) in [6, 6.07) is 15.5. The molecule has 18 heavy (non-hydrogen) atoms. The summed E-state index contributed by atoms with van der Waals surface area (Å²) in [5.74, 6) is 0.833. The molecule has 4 rings (SSSR count). The molecule has 2 heterocycles. The predicted molar refractivity (Wildman–Crippen MR) is 70.1 cm³/mol. The quantitative estimate of drug-likeness (QED) is 0.468. The molecule has 0 unspecified atom stereocenters. The van der Waals surface area contributed by atoms with Crippen molar-refractivity contribution in [3.05, 3.63) is 70.3 Å². The number of aromatic nitrogens is 2. The smallest absolute Gasteiger partial charge is 0.265 e. The van der Waals surface area contributed by atoms with Crippen molar-refractivity contribution < 1.29 is 0 Å². The second-order valence-corrected chi connectivity index (χ2v) is 4.49. The number of hydrogen-bond acceptors (Lipinski definition) is 2. The second-order valence-electron chi connectivity index (χ2n) is 4.49. The maximum absolute atomic E-state index is 12.5. The topological polar surface area (TPSA) is 34.9 Å². The van der Waals surface area contributed by atoms with Crippen LogP contribution >= 0.6 is 0 Å². The van der Waals surface area contributed by atoms with Gasteiger partial charge in [-0.05, 0) is 23.8 Å². The van der Waals surface area contributed by atoms with Gasteiger partial charge in [0, 0.05) is 6.42 Å². The van der Waals surface area contributed by atoms with Crippen LogP contribution in [0.25, 0.3) is 16.6 Å². The highest BCUT2D eigenvalue weighted by Crippen LogP contribution is 2.25. The first-order valence-electron chi connectivity index (χ1n) is 5.93. The van der Waals surface area contributed by atoms with Crippen molar-refractivity contribution in [3.63, 3.8) is 0 Å². The van der Waals surface area contributed by atoms with E-state index in [2.05, 4.69) is 4.98 Å². The zero-order chi connectivity index (χ0) is 12.1. The Hall–Kier alpha value is -2.42. The van der Waals surface area contributed by atoms with Gasteiger partial charge in [0.25, 0.3) is 5.56 Å². The van der Waals surface area contributed by atoms with Gasteiger partial charge in [0.2, 0.25) is 0 Å². The van der Waals surface area contributed by atoms with Crippen molar-refractivity contribution in [1.29, 1.82) is 0 Å². The van der Waals surface area contributed by atoms with Gasteiger partial charge in [-0.25, -0.2) is 4.98 Å². The summed E-state index contributed by atoms with van der Waals surface area (Å²) in [7, 11) is 0. The molecule has 0 radical (unpaired) electrons. The van der Waals surface area contributed by atoms with Gasteiger partial charge < -0.3 is 0 Å². The zero-order valence-electron chi connectivity index (χ0n) is 9.63. The van der Waals surface area contributed by atoms with E-state index in [1.165, 1.54) is 0 Å². The fourth-order valence-electron chi connectivity index (χ4n) is 2.59. The van der Waals surface area contributed by atoms with Crippen LogP contribution in [-0.4, -0.2) is 9.55 Å². The number of rotatable bonds is 0. The van der Waals surface area contributed by atoms with E-state index in [0.29, 0.717) is 5.39 Å². The first kappa shape index (κ1) is 9.59. The maximum atomic E-state index is 12.5. The second kappa shape index (κ2) is 3.29. The molecule has 3 aromatic rings. The lowest BCUT2D eigenvalue weighted by atomic mass is 10.1. The van der Waals surface area contributed by atoms with Gasteiger partial charge in [-0.2, -0.15) is 0 Å². The number of fused-ring (bicyclic) bond motifs is 4. The van der Waals surface area contributed by atoms with Gasteiger partial charge in [-0.3, -0.25) is 9.36 Å². The van der Waals surface area contributed by atoms with E-state index in [-0.39, 0.29) is 5.56 Å². The van der Waals surface area contributed by atoms with Crippen LogP contribution in [0.4, 0.5) is 0 Å². The molecule has 1 aliphatic rings. The van der Waals surface area contributed by atoms with Gasteiger partial charge in [0.05, 0.1) is 16.6 Å². The predicted octanol–water partition coefficient (Wildman–Crippen LogP) is 2.29. The Bertz CT molecular complexity index is 833. The lowest BCUT2D eigenvalue weighted by Crippen LogP contribution is -2.20. The lowest BCUT2D eigenvalue weighted by Gasteiger charge is -2.05. The Kier molecular flexibility index (Phi) is 1.75. The molecule has 0 saturated carbocycles. The molecule has 3 heteroatoms. The highest BCUT2D eigenvalue weighted by molar-refractivity contribution is 5.78. The number of nitrogens with zero attached hydrogens (tertiary/aromatic N) is 2. The van der Waals surface area contributed by atoms with E-state index in [4.69, 9.17) is 0 Å². The lowest BCUT2D eigenvalue weighted by molar-refractivity contribution is 0.915. The fourth-order valence-corrected chi connectivity index (χ4v) is 2.59. The summed E-state index contributed by atoms with van der Waals surface area (Å²) in [5, 5.41) is 0.679. The standard InChI is InChI=1S/C15H10N2O/c18-15-11-6-2-3-7-12(11)16-14-9-10-5-1-4-8-13(10)17(14)15/h1-8H,9H2. The molecule has 0 spiro atoms. The monoisotopic (exact) mass is 234 g/mol. The highest BCUT2D eigenvalue weighted by atomic mass is 16.1. The minimum atomic E-state index is 0.0283. The SMILES string of the molecule is O=c1c2ccccc2nc2n1-c1ccccc1C2. The van der Waals surface area contributed by atoms with Crippen LogP contribution in [0.1, 0.15) is 11.4 Å². The molecular weight excluding hydrogens is 224 g/mol. The van der Waals surface area contributed by atoms with E-state index in [0.717, 1.165) is 29.0 Å². The summed E-state index contributed by atoms with van der Waals surface area (Å²) in [4.78, 5) is 17.1. The van der Waals surface area contributed by atoms with E-state index in [1.54, 1.807) is 4.57 Å². The summed E-state index contributed by atoms with van der Waals surface area (Å²) in [6.07, 6.45) is 0.732. The Morgan fingerprint density at radius 1 is 1.00 bits per heavy atom. The van der Waals surface area contributed by atoms with E-state index >= 15 is 0 Å². The Labute approximate surface area is 103 Å². The molecule has 3 nitrogen and oxygen atoms in total. The Balaban J connectivity index is 2.18. The van der Waals surface area contributed by atoms with E-state index in [1.807, 2.05) is 48.5 Å². The molecule has 1 aliphatic heterocycles. The van der Waals surface area contributed by atoms with Gasteiger partial charge >= 0.3 is 0 Å². The van der Waals surface area contributed by atoms with Gasteiger partial charge in [-0.15, -0.1) is 0 Å². The first-order chi connectivity index (χ1) is 8.84. The molecule has 1 aromatic heterocycles. The summed E-state index contributed by atoms with van der Waals surface area (Å²) >= 11 is 0. The molecule has 86 valence electrons. The van der Waals surface area contributed by atoms with Crippen molar-refractivity contribution in [2.75, 3.05) is 0 Å². The molecule has 0 saturated heterocycles. The zero-order valence-corrected chi connectivity index (χ0v) is 9.63.